The molecule has 3 aromatic heterocycles. The zero-order valence-corrected chi connectivity index (χ0v) is 16.8. The average Bonchev–Trinajstić information content (AvgIpc) is 3.31. The van der Waals surface area contributed by atoms with E-state index in [-0.39, 0.29) is 0 Å². The second-order valence-electron chi connectivity index (χ2n) is 6.70. The molecule has 0 radical (unpaired) electrons. The Balaban J connectivity index is 1.51. The molecule has 1 aliphatic rings. The van der Waals surface area contributed by atoms with Crippen LogP contribution < -0.4 is 4.90 Å². The molecule has 1 saturated heterocycles. The van der Waals surface area contributed by atoms with E-state index < -0.39 is 10.0 Å². The van der Waals surface area contributed by atoms with E-state index in [0.717, 1.165) is 5.82 Å². The van der Waals surface area contributed by atoms with E-state index in [1.807, 2.05) is 18.3 Å². The molecule has 11 heteroatoms. The Bertz CT molecular complexity index is 1080. The van der Waals surface area contributed by atoms with Crippen molar-refractivity contribution in [3.8, 4) is 5.82 Å². The highest BCUT2D eigenvalue weighted by atomic mass is 32.2. The Labute approximate surface area is 163 Å². The molecule has 28 heavy (non-hydrogen) atoms. The molecule has 0 N–H and O–H groups in total. The van der Waals surface area contributed by atoms with Gasteiger partial charge < -0.3 is 4.90 Å². The Morgan fingerprint density at radius 3 is 2.36 bits per heavy atom. The Morgan fingerprint density at radius 1 is 1.04 bits per heavy atom. The largest absolute Gasteiger partial charge is 0.354 e. The fourth-order valence-corrected chi connectivity index (χ4v) is 5.28. The van der Waals surface area contributed by atoms with Gasteiger partial charge in [-0.1, -0.05) is 0 Å². The molecular formula is C17H22N8O2S. The third-order valence-electron chi connectivity index (χ3n) is 4.98. The number of sulfonamides is 1. The molecule has 0 atom stereocenters. The highest BCUT2D eigenvalue weighted by Gasteiger charge is 2.33. The molecule has 0 aliphatic carbocycles. The fourth-order valence-electron chi connectivity index (χ4n) is 3.45. The maximum Gasteiger partial charge on any atom is 0.246 e. The smallest absolute Gasteiger partial charge is 0.246 e. The van der Waals surface area contributed by atoms with Gasteiger partial charge in [-0.05, 0) is 19.9 Å². The van der Waals surface area contributed by atoms with Crippen molar-refractivity contribution in [2.75, 3.05) is 31.1 Å². The lowest BCUT2D eigenvalue weighted by Gasteiger charge is -2.34. The van der Waals surface area contributed by atoms with Crippen molar-refractivity contribution in [3.63, 3.8) is 0 Å². The topological polar surface area (TPSA) is 102 Å². The van der Waals surface area contributed by atoms with Gasteiger partial charge in [-0.25, -0.2) is 23.1 Å². The summed E-state index contributed by atoms with van der Waals surface area (Å²) < 4.78 is 31.0. The van der Waals surface area contributed by atoms with E-state index in [1.54, 1.807) is 36.5 Å². The second kappa shape index (κ2) is 6.99. The van der Waals surface area contributed by atoms with Gasteiger partial charge in [0.25, 0.3) is 0 Å². The van der Waals surface area contributed by atoms with Gasteiger partial charge in [0.05, 0.1) is 11.4 Å². The van der Waals surface area contributed by atoms with Gasteiger partial charge >= 0.3 is 0 Å². The van der Waals surface area contributed by atoms with Crippen molar-refractivity contribution in [3.05, 3.63) is 42.2 Å². The third kappa shape index (κ3) is 3.16. The Morgan fingerprint density at radius 2 is 1.75 bits per heavy atom. The number of anilines is 1. The van der Waals surface area contributed by atoms with Gasteiger partial charge in [0.15, 0.2) is 5.82 Å². The maximum atomic E-state index is 13.1. The highest BCUT2D eigenvalue weighted by molar-refractivity contribution is 7.89. The van der Waals surface area contributed by atoms with Crippen LogP contribution in [0.5, 0.6) is 0 Å². The molecular weight excluding hydrogens is 380 g/mol. The maximum absolute atomic E-state index is 13.1. The summed E-state index contributed by atoms with van der Waals surface area (Å²) in [7, 11) is -1.82. The molecule has 0 saturated carbocycles. The number of nitrogens with zero attached hydrogens (tertiary/aromatic N) is 8. The van der Waals surface area contributed by atoms with Crippen LogP contribution in [0.15, 0.2) is 35.7 Å². The van der Waals surface area contributed by atoms with Crippen molar-refractivity contribution in [1.82, 2.24) is 33.8 Å². The number of piperazine rings is 1. The van der Waals surface area contributed by atoms with Crippen LogP contribution in [0.4, 0.5) is 5.82 Å². The van der Waals surface area contributed by atoms with Crippen molar-refractivity contribution in [2.45, 2.75) is 18.7 Å². The highest BCUT2D eigenvalue weighted by Crippen LogP contribution is 2.25. The summed E-state index contributed by atoms with van der Waals surface area (Å²) in [5.74, 6) is 1.43. The van der Waals surface area contributed by atoms with Gasteiger partial charge in [-0.3, -0.25) is 4.68 Å². The van der Waals surface area contributed by atoms with E-state index in [1.165, 1.54) is 10.6 Å². The normalized spacial score (nSPS) is 15.9. The van der Waals surface area contributed by atoms with Crippen molar-refractivity contribution in [1.29, 1.82) is 0 Å². The molecule has 0 bridgehead atoms. The van der Waals surface area contributed by atoms with Crippen LogP contribution in [0.2, 0.25) is 0 Å². The molecule has 4 rings (SSSR count). The fraction of sp³-hybridized carbons (Fsp3) is 0.412. The zero-order valence-electron chi connectivity index (χ0n) is 16.0. The van der Waals surface area contributed by atoms with E-state index in [0.29, 0.717) is 48.3 Å². The lowest BCUT2D eigenvalue weighted by molar-refractivity contribution is 0.383. The van der Waals surface area contributed by atoms with Crippen molar-refractivity contribution in [2.24, 2.45) is 7.05 Å². The second-order valence-corrected chi connectivity index (χ2v) is 8.57. The Kier molecular flexibility index (Phi) is 4.63. The minimum Gasteiger partial charge on any atom is -0.354 e. The van der Waals surface area contributed by atoms with Crippen LogP contribution in [-0.4, -0.2) is 68.4 Å². The van der Waals surface area contributed by atoms with Crippen LogP contribution in [-0.2, 0) is 17.1 Å². The van der Waals surface area contributed by atoms with E-state index in [4.69, 9.17) is 0 Å². The first-order valence-electron chi connectivity index (χ1n) is 8.95. The molecule has 0 aromatic carbocycles. The molecule has 1 aliphatic heterocycles. The van der Waals surface area contributed by atoms with E-state index >= 15 is 0 Å². The number of rotatable bonds is 4. The van der Waals surface area contributed by atoms with Crippen molar-refractivity contribution >= 4 is 15.8 Å². The first kappa shape index (κ1) is 18.6. The standard InChI is InChI=1S/C17H22N8O2S/c1-13-17(14(2)22(3)21-13)28(26,27)24-9-7-23(8-10-24)15-11-16(19-12-18-15)25-6-4-5-20-25/h4-6,11-12H,7-10H2,1-3H3. The van der Waals surface area contributed by atoms with Crippen LogP contribution >= 0.6 is 0 Å². The molecule has 3 aromatic rings. The Hall–Kier alpha value is -2.79. The minimum absolute atomic E-state index is 0.312. The lowest BCUT2D eigenvalue weighted by Crippen LogP contribution is -2.49. The molecule has 10 nitrogen and oxygen atoms in total. The minimum atomic E-state index is -3.58. The first-order valence-corrected chi connectivity index (χ1v) is 10.4. The number of hydrogen-bond donors (Lipinski definition) is 0. The monoisotopic (exact) mass is 402 g/mol. The van der Waals surface area contributed by atoms with Gasteiger partial charge in [-0.15, -0.1) is 0 Å². The summed E-state index contributed by atoms with van der Waals surface area (Å²) >= 11 is 0. The predicted octanol–water partition coefficient (Wildman–Crippen LogP) is 0.524. The third-order valence-corrected chi connectivity index (χ3v) is 7.13. The quantitative estimate of drug-likeness (QED) is 0.627. The molecule has 0 spiro atoms. The molecule has 0 unspecified atom stereocenters. The van der Waals surface area contributed by atoms with Gasteiger partial charge in [-0.2, -0.15) is 14.5 Å². The number of aryl methyl sites for hydroxylation is 2. The summed E-state index contributed by atoms with van der Waals surface area (Å²) in [5.41, 5.74) is 1.18. The van der Waals surface area contributed by atoms with Crippen LogP contribution in [0.3, 0.4) is 0 Å². The number of hydrogen-bond acceptors (Lipinski definition) is 7. The molecule has 148 valence electrons. The zero-order chi connectivity index (χ0) is 19.9. The summed E-state index contributed by atoms with van der Waals surface area (Å²) in [4.78, 5) is 11.0. The summed E-state index contributed by atoms with van der Waals surface area (Å²) in [6.07, 6.45) is 5.00. The van der Waals surface area contributed by atoms with Crippen LogP contribution in [0.1, 0.15) is 11.4 Å². The summed E-state index contributed by atoms with van der Waals surface area (Å²) in [5, 5.41) is 8.43. The van der Waals surface area contributed by atoms with Gasteiger partial charge in [0, 0.05) is 51.7 Å². The molecule has 4 heterocycles. The first-order chi connectivity index (χ1) is 13.4. The summed E-state index contributed by atoms with van der Waals surface area (Å²) in [6, 6.07) is 3.68. The van der Waals surface area contributed by atoms with Crippen LogP contribution in [0, 0.1) is 13.8 Å². The summed E-state index contributed by atoms with van der Waals surface area (Å²) in [6.45, 7) is 5.38. The SMILES string of the molecule is Cc1nn(C)c(C)c1S(=O)(=O)N1CCN(c2cc(-n3cccn3)ncn2)CC1. The van der Waals surface area contributed by atoms with Gasteiger partial charge in [0.1, 0.15) is 17.0 Å². The van der Waals surface area contributed by atoms with Crippen LogP contribution in [0.25, 0.3) is 5.82 Å². The van der Waals surface area contributed by atoms with Gasteiger partial charge in [0.2, 0.25) is 10.0 Å². The average molecular weight is 402 g/mol. The molecule has 0 amide bonds. The van der Waals surface area contributed by atoms with E-state index in [9.17, 15) is 8.42 Å². The molecule has 1 fully saturated rings. The predicted molar refractivity (Wildman–Crippen MR) is 103 cm³/mol. The lowest BCUT2D eigenvalue weighted by atomic mass is 10.3. The van der Waals surface area contributed by atoms with E-state index in [2.05, 4.69) is 25.1 Å². The number of aromatic nitrogens is 6. The van der Waals surface area contributed by atoms with Crippen molar-refractivity contribution < 1.29 is 8.42 Å².